The van der Waals surface area contributed by atoms with Crippen LogP contribution < -0.4 is 10.6 Å². The van der Waals surface area contributed by atoms with E-state index in [1.54, 1.807) is 11.3 Å². The van der Waals surface area contributed by atoms with Crippen LogP contribution in [0.3, 0.4) is 0 Å². The van der Waals surface area contributed by atoms with Crippen molar-refractivity contribution < 1.29 is 9.59 Å². The van der Waals surface area contributed by atoms with Crippen molar-refractivity contribution in [2.75, 3.05) is 13.1 Å². The van der Waals surface area contributed by atoms with Crippen LogP contribution >= 0.6 is 11.3 Å². The van der Waals surface area contributed by atoms with E-state index < -0.39 is 0 Å². The Bertz CT molecular complexity index is 650. The fourth-order valence-corrected chi connectivity index (χ4v) is 5.10. The number of thiophene rings is 1. The summed E-state index contributed by atoms with van der Waals surface area (Å²) in [6.45, 7) is 9.31. The number of rotatable bonds is 5. The molecule has 3 rings (SSSR count). The lowest BCUT2D eigenvalue weighted by atomic mass is 9.90. The molecule has 3 atom stereocenters. The van der Waals surface area contributed by atoms with Gasteiger partial charge in [0.05, 0.1) is 11.4 Å². The first-order valence-electron chi connectivity index (χ1n) is 9.62. The predicted molar refractivity (Wildman–Crippen MR) is 106 cm³/mol. The van der Waals surface area contributed by atoms with Crippen LogP contribution in [-0.4, -0.2) is 47.4 Å². The molecule has 2 saturated heterocycles. The van der Waals surface area contributed by atoms with Crippen LogP contribution in [0, 0.1) is 12.8 Å². The van der Waals surface area contributed by atoms with Gasteiger partial charge in [-0.25, -0.2) is 0 Å². The van der Waals surface area contributed by atoms with Crippen LogP contribution in [0.2, 0.25) is 0 Å². The lowest BCUT2D eigenvalue weighted by molar-refractivity contribution is -0.125. The molecular weight excluding hydrogens is 346 g/mol. The zero-order chi connectivity index (χ0) is 18.9. The standard InChI is InChI=1S/C20H31N3O2S/c1-13-5-8-17(26-13)19(25)21-11-14-9-15-6-7-16(10-14)23(15)12-18(24)22-20(2,3)4/h5,8,14-16H,6-7,9-12H2,1-4H3,(H,21,25)(H,22,24)/t14-,15-,16+. The number of nitrogens with one attached hydrogen (secondary N) is 2. The van der Waals surface area contributed by atoms with Crippen LogP contribution in [0.1, 0.15) is 61.0 Å². The molecule has 2 aliphatic rings. The van der Waals surface area contributed by atoms with E-state index in [0.29, 0.717) is 24.5 Å². The molecule has 3 heterocycles. The molecule has 2 N–H and O–H groups in total. The summed E-state index contributed by atoms with van der Waals surface area (Å²) in [5.74, 6) is 0.677. The summed E-state index contributed by atoms with van der Waals surface area (Å²) < 4.78 is 0. The summed E-state index contributed by atoms with van der Waals surface area (Å²) in [6, 6.07) is 4.84. The van der Waals surface area contributed by atoms with Gasteiger partial charge < -0.3 is 10.6 Å². The Labute approximate surface area is 160 Å². The third-order valence-electron chi connectivity index (χ3n) is 5.34. The van der Waals surface area contributed by atoms with Gasteiger partial charge in [0, 0.05) is 29.0 Å². The van der Waals surface area contributed by atoms with Gasteiger partial charge in [0.2, 0.25) is 5.91 Å². The number of hydrogen-bond donors (Lipinski definition) is 2. The lowest BCUT2D eigenvalue weighted by Gasteiger charge is -2.39. The van der Waals surface area contributed by atoms with Gasteiger partial charge in [0.15, 0.2) is 0 Å². The molecule has 2 amide bonds. The Morgan fingerprint density at radius 2 is 1.85 bits per heavy atom. The second-order valence-electron chi connectivity index (χ2n) is 8.81. The molecule has 144 valence electrons. The Hall–Kier alpha value is -1.40. The molecule has 2 aliphatic heterocycles. The highest BCUT2D eigenvalue weighted by atomic mass is 32.1. The van der Waals surface area contributed by atoms with Crippen molar-refractivity contribution in [3.05, 3.63) is 21.9 Å². The second kappa shape index (κ2) is 7.69. The molecule has 6 heteroatoms. The van der Waals surface area contributed by atoms with Gasteiger partial charge in [-0.3, -0.25) is 14.5 Å². The zero-order valence-electron chi connectivity index (χ0n) is 16.3. The molecule has 0 aliphatic carbocycles. The van der Waals surface area contributed by atoms with E-state index in [-0.39, 0.29) is 17.4 Å². The summed E-state index contributed by atoms with van der Waals surface area (Å²) in [6.07, 6.45) is 4.48. The lowest BCUT2D eigenvalue weighted by Crippen LogP contribution is -2.51. The first kappa shape index (κ1) is 19.4. The quantitative estimate of drug-likeness (QED) is 0.829. The van der Waals surface area contributed by atoms with Crippen molar-refractivity contribution in [2.24, 2.45) is 5.92 Å². The van der Waals surface area contributed by atoms with Gasteiger partial charge in [0.1, 0.15) is 0 Å². The topological polar surface area (TPSA) is 61.4 Å². The predicted octanol–water partition coefficient (Wildman–Crippen LogP) is 2.94. The van der Waals surface area contributed by atoms with Crippen molar-refractivity contribution in [3.8, 4) is 0 Å². The van der Waals surface area contributed by atoms with Crippen LogP contribution in [-0.2, 0) is 4.79 Å². The Balaban J connectivity index is 1.49. The average Bonchev–Trinajstić information content (AvgIpc) is 3.04. The van der Waals surface area contributed by atoms with Crippen molar-refractivity contribution in [3.63, 3.8) is 0 Å². The number of fused-ring (bicyclic) bond motifs is 2. The first-order chi connectivity index (χ1) is 12.2. The molecule has 0 spiro atoms. The van der Waals surface area contributed by atoms with Crippen LogP contribution in [0.25, 0.3) is 0 Å². The summed E-state index contributed by atoms with van der Waals surface area (Å²) >= 11 is 1.54. The monoisotopic (exact) mass is 377 g/mol. The minimum Gasteiger partial charge on any atom is -0.351 e. The van der Waals surface area contributed by atoms with Gasteiger partial charge in [-0.2, -0.15) is 0 Å². The minimum atomic E-state index is -0.182. The maximum atomic E-state index is 12.3. The normalized spacial score (nSPS) is 25.9. The zero-order valence-corrected chi connectivity index (χ0v) is 17.1. The van der Waals surface area contributed by atoms with E-state index in [1.165, 1.54) is 12.8 Å². The van der Waals surface area contributed by atoms with E-state index in [1.807, 2.05) is 39.8 Å². The van der Waals surface area contributed by atoms with Crippen LogP contribution in [0.5, 0.6) is 0 Å². The molecule has 2 fully saturated rings. The van der Waals surface area contributed by atoms with Gasteiger partial charge >= 0.3 is 0 Å². The first-order valence-corrected chi connectivity index (χ1v) is 10.4. The number of aryl methyl sites for hydroxylation is 1. The van der Waals surface area contributed by atoms with Gasteiger partial charge in [-0.1, -0.05) is 0 Å². The van der Waals surface area contributed by atoms with Gasteiger partial charge in [-0.05, 0) is 71.4 Å². The molecule has 0 radical (unpaired) electrons. The van der Waals surface area contributed by atoms with Crippen LogP contribution in [0.4, 0.5) is 0 Å². The number of nitrogens with zero attached hydrogens (tertiary/aromatic N) is 1. The van der Waals surface area contributed by atoms with Crippen molar-refractivity contribution in [1.82, 2.24) is 15.5 Å². The van der Waals surface area contributed by atoms with Crippen molar-refractivity contribution in [2.45, 2.75) is 71.0 Å². The van der Waals surface area contributed by atoms with Crippen molar-refractivity contribution in [1.29, 1.82) is 0 Å². The average molecular weight is 378 g/mol. The number of hydrogen-bond acceptors (Lipinski definition) is 4. The molecule has 0 saturated carbocycles. The summed E-state index contributed by atoms with van der Waals surface area (Å²) in [5, 5.41) is 6.18. The minimum absolute atomic E-state index is 0.0439. The van der Waals surface area contributed by atoms with Crippen molar-refractivity contribution >= 4 is 23.2 Å². The van der Waals surface area contributed by atoms with Gasteiger partial charge in [-0.15, -0.1) is 11.3 Å². The molecule has 26 heavy (non-hydrogen) atoms. The molecule has 1 aromatic heterocycles. The smallest absolute Gasteiger partial charge is 0.261 e. The molecular formula is C20H31N3O2S. The Morgan fingerprint density at radius 1 is 1.19 bits per heavy atom. The van der Waals surface area contributed by atoms with E-state index in [9.17, 15) is 9.59 Å². The maximum absolute atomic E-state index is 12.3. The van der Waals surface area contributed by atoms with E-state index in [4.69, 9.17) is 0 Å². The molecule has 0 aromatic carbocycles. The summed E-state index contributed by atoms with van der Waals surface area (Å²) in [7, 11) is 0. The Morgan fingerprint density at radius 3 is 2.38 bits per heavy atom. The SMILES string of the molecule is Cc1ccc(C(=O)NC[C@@H]2C[C@H]3CC[C@@H](C2)N3CC(=O)NC(C)(C)C)s1. The molecule has 0 unspecified atom stereocenters. The highest BCUT2D eigenvalue weighted by Gasteiger charge is 2.41. The third-order valence-corrected chi connectivity index (χ3v) is 6.34. The largest absolute Gasteiger partial charge is 0.351 e. The third kappa shape index (κ3) is 4.86. The molecule has 1 aromatic rings. The van der Waals surface area contributed by atoms with E-state index >= 15 is 0 Å². The number of carbonyl (C=O) groups excluding carboxylic acids is 2. The van der Waals surface area contributed by atoms with E-state index in [2.05, 4.69) is 15.5 Å². The van der Waals surface area contributed by atoms with E-state index in [0.717, 1.165) is 29.1 Å². The fraction of sp³-hybridized carbons (Fsp3) is 0.700. The highest BCUT2D eigenvalue weighted by molar-refractivity contribution is 7.13. The van der Waals surface area contributed by atoms with Gasteiger partial charge in [0.25, 0.3) is 5.91 Å². The summed E-state index contributed by atoms with van der Waals surface area (Å²) in [5.41, 5.74) is -0.182. The number of amides is 2. The summed E-state index contributed by atoms with van der Waals surface area (Å²) in [4.78, 5) is 28.9. The molecule has 5 nitrogen and oxygen atoms in total. The number of carbonyl (C=O) groups is 2. The molecule has 2 bridgehead atoms. The highest BCUT2D eigenvalue weighted by Crippen LogP contribution is 2.38. The second-order valence-corrected chi connectivity index (χ2v) is 10.1. The van der Waals surface area contributed by atoms with Crippen LogP contribution in [0.15, 0.2) is 12.1 Å². The maximum Gasteiger partial charge on any atom is 0.261 e. The number of piperidine rings is 1. The fourth-order valence-electron chi connectivity index (χ4n) is 4.32. The Kier molecular flexibility index (Phi) is 5.72.